The monoisotopic (exact) mass is 315 g/mol. The van der Waals surface area contributed by atoms with Gasteiger partial charge in [-0.25, -0.2) is 0 Å². The third-order valence-corrected chi connectivity index (χ3v) is 5.34. The van der Waals surface area contributed by atoms with Crippen molar-refractivity contribution in [2.24, 2.45) is 5.92 Å². The number of rotatable bonds is 4. The van der Waals surface area contributed by atoms with Crippen LogP contribution < -0.4 is 0 Å². The van der Waals surface area contributed by atoms with Crippen molar-refractivity contribution in [3.8, 4) is 5.75 Å². The molecule has 0 spiro atoms. The van der Waals surface area contributed by atoms with Crippen molar-refractivity contribution in [2.45, 2.75) is 26.3 Å². The van der Waals surface area contributed by atoms with Gasteiger partial charge >= 0.3 is 0 Å². The first-order valence-corrected chi connectivity index (χ1v) is 8.60. The van der Waals surface area contributed by atoms with Gasteiger partial charge in [-0.3, -0.25) is 9.69 Å². The normalized spacial score (nSPS) is 19.2. The number of Topliss-reactive ketones (excluding diaryl/α,β-unsaturated/α-hetero) is 1. The van der Waals surface area contributed by atoms with Crippen LogP contribution in [0.25, 0.3) is 0 Å². The molecule has 1 aliphatic rings. The molecular formula is C18H21NO2S. The van der Waals surface area contributed by atoms with Gasteiger partial charge in [-0.2, -0.15) is 0 Å². The predicted octanol–water partition coefficient (Wildman–Crippen LogP) is 3.86. The van der Waals surface area contributed by atoms with Gasteiger partial charge in [0, 0.05) is 19.0 Å². The Morgan fingerprint density at radius 1 is 1.32 bits per heavy atom. The van der Waals surface area contributed by atoms with E-state index in [1.165, 1.54) is 5.56 Å². The van der Waals surface area contributed by atoms with E-state index in [-0.39, 0.29) is 5.92 Å². The molecule has 1 N–H and O–H groups in total. The zero-order valence-corrected chi connectivity index (χ0v) is 13.6. The number of ketones is 1. The van der Waals surface area contributed by atoms with Crippen LogP contribution in [0.1, 0.15) is 33.6 Å². The Morgan fingerprint density at radius 2 is 2.09 bits per heavy atom. The topological polar surface area (TPSA) is 40.5 Å². The highest BCUT2D eigenvalue weighted by molar-refractivity contribution is 7.12. The summed E-state index contributed by atoms with van der Waals surface area (Å²) in [6.07, 6.45) is 2.06. The summed E-state index contributed by atoms with van der Waals surface area (Å²) >= 11 is 1.56. The van der Waals surface area contributed by atoms with Gasteiger partial charge in [0.25, 0.3) is 0 Å². The molecule has 1 aromatic heterocycles. The number of benzene rings is 1. The van der Waals surface area contributed by atoms with Crippen molar-refractivity contribution in [1.82, 2.24) is 4.90 Å². The largest absolute Gasteiger partial charge is 0.508 e. The maximum atomic E-state index is 12.7. The molecule has 1 aromatic carbocycles. The van der Waals surface area contributed by atoms with E-state index < -0.39 is 0 Å². The minimum atomic E-state index is 0.114. The van der Waals surface area contributed by atoms with Crippen molar-refractivity contribution in [3.05, 3.63) is 51.7 Å². The summed E-state index contributed by atoms with van der Waals surface area (Å²) in [5.74, 6) is 0.717. The molecule has 3 nitrogen and oxygen atoms in total. The Bertz CT molecular complexity index is 647. The summed E-state index contributed by atoms with van der Waals surface area (Å²) < 4.78 is 0. The highest BCUT2D eigenvalue weighted by Gasteiger charge is 2.27. The SMILES string of the molecule is Cc1ccsc1C(=O)[C@H]1CCCN(Cc2ccc(O)cc2)C1. The quantitative estimate of drug-likeness (QED) is 0.871. The maximum Gasteiger partial charge on any atom is 0.177 e. The lowest BCUT2D eigenvalue weighted by Gasteiger charge is -2.32. The van der Waals surface area contributed by atoms with Gasteiger partial charge in [0.1, 0.15) is 5.75 Å². The smallest absolute Gasteiger partial charge is 0.177 e. The number of carbonyl (C=O) groups is 1. The number of carbonyl (C=O) groups excluding carboxylic acids is 1. The minimum Gasteiger partial charge on any atom is -0.508 e. The fraction of sp³-hybridized carbons (Fsp3) is 0.389. The third kappa shape index (κ3) is 3.39. The highest BCUT2D eigenvalue weighted by atomic mass is 32.1. The Morgan fingerprint density at radius 3 is 2.77 bits per heavy atom. The van der Waals surface area contributed by atoms with Gasteiger partial charge in [0.15, 0.2) is 5.78 Å². The van der Waals surface area contributed by atoms with Crippen LogP contribution in [-0.2, 0) is 6.54 Å². The molecule has 1 fully saturated rings. The van der Waals surface area contributed by atoms with E-state index in [1.54, 1.807) is 23.5 Å². The van der Waals surface area contributed by atoms with Crippen LogP contribution in [0, 0.1) is 12.8 Å². The number of phenolic OH excluding ortho intramolecular Hbond substituents is 1. The molecule has 1 aliphatic heterocycles. The van der Waals surface area contributed by atoms with Gasteiger partial charge in [-0.15, -0.1) is 11.3 Å². The lowest BCUT2D eigenvalue weighted by atomic mass is 9.92. The summed E-state index contributed by atoms with van der Waals surface area (Å²) in [7, 11) is 0. The summed E-state index contributed by atoms with van der Waals surface area (Å²) in [6.45, 7) is 4.72. The molecular weight excluding hydrogens is 294 g/mol. The molecule has 1 saturated heterocycles. The number of phenols is 1. The lowest BCUT2D eigenvalue weighted by Crippen LogP contribution is -2.38. The number of aromatic hydroxyl groups is 1. The molecule has 2 heterocycles. The third-order valence-electron chi connectivity index (χ3n) is 4.30. The van der Waals surface area contributed by atoms with E-state index in [0.717, 1.165) is 42.9 Å². The zero-order chi connectivity index (χ0) is 15.5. The Labute approximate surface area is 135 Å². The number of thiophene rings is 1. The summed E-state index contributed by atoms with van der Waals surface area (Å²) in [4.78, 5) is 16.0. The Kier molecular flexibility index (Phi) is 4.60. The molecule has 3 rings (SSSR count). The Balaban J connectivity index is 1.65. The molecule has 0 unspecified atom stereocenters. The van der Waals surface area contributed by atoms with E-state index in [0.29, 0.717) is 11.5 Å². The van der Waals surface area contributed by atoms with Gasteiger partial charge in [-0.1, -0.05) is 12.1 Å². The van der Waals surface area contributed by atoms with Crippen molar-refractivity contribution in [3.63, 3.8) is 0 Å². The van der Waals surface area contributed by atoms with Crippen LogP contribution in [-0.4, -0.2) is 28.9 Å². The van der Waals surface area contributed by atoms with Crippen LogP contribution in [0.15, 0.2) is 35.7 Å². The average Bonchev–Trinajstić information content (AvgIpc) is 2.95. The van der Waals surface area contributed by atoms with Crippen LogP contribution in [0.2, 0.25) is 0 Å². The molecule has 116 valence electrons. The number of likely N-dealkylation sites (tertiary alicyclic amines) is 1. The van der Waals surface area contributed by atoms with Crippen LogP contribution in [0.3, 0.4) is 0 Å². The standard InChI is InChI=1S/C18H21NO2S/c1-13-8-10-22-18(13)17(21)15-3-2-9-19(12-15)11-14-4-6-16(20)7-5-14/h4-8,10,15,20H,2-3,9,11-12H2,1H3/t15-/m0/s1. The van der Waals surface area contributed by atoms with E-state index in [2.05, 4.69) is 4.90 Å². The fourth-order valence-corrected chi connectivity index (χ4v) is 4.03. The second-order valence-electron chi connectivity index (χ2n) is 6.04. The molecule has 1 atom stereocenters. The van der Waals surface area contributed by atoms with Crippen molar-refractivity contribution in [1.29, 1.82) is 0 Å². The number of hydrogen-bond acceptors (Lipinski definition) is 4. The molecule has 0 aliphatic carbocycles. The lowest BCUT2D eigenvalue weighted by molar-refractivity contribution is 0.0815. The van der Waals surface area contributed by atoms with E-state index in [9.17, 15) is 9.90 Å². The molecule has 0 amide bonds. The molecule has 0 bridgehead atoms. The first-order chi connectivity index (χ1) is 10.6. The van der Waals surface area contributed by atoms with Crippen molar-refractivity contribution < 1.29 is 9.90 Å². The van der Waals surface area contributed by atoms with Crippen LogP contribution in [0.5, 0.6) is 5.75 Å². The summed E-state index contributed by atoms with van der Waals surface area (Å²) in [5, 5.41) is 11.4. The minimum absolute atomic E-state index is 0.114. The Hall–Kier alpha value is -1.65. The van der Waals surface area contributed by atoms with E-state index in [1.807, 2.05) is 30.5 Å². The van der Waals surface area contributed by atoms with E-state index >= 15 is 0 Å². The van der Waals surface area contributed by atoms with Crippen molar-refractivity contribution in [2.75, 3.05) is 13.1 Å². The first kappa shape index (κ1) is 15.3. The number of nitrogens with zero attached hydrogens (tertiary/aromatic N) is 1. The fourth-order valence-electron chi connectivity index (χ4n) is 3.08. The summed E-state index contributed by atoms with van der Waals surface area (Å²) in [6, 6.07) is 9.36. The maximum absolute atomic E-state index is 12.7. The number of hydrogen-bond donors (Lipinski definition) is 1. The van der Waals surface area contributed by atoms with Crippen molar-refractivity contribution >= 4 is 17.1 Å². The highest BCUT2D eigenvalue weighted by Crippen LogP contribution is 2.26. The van der Waals surface area contributed by atoms with Gasteiger partial charge in [0.2, 0.25) is 0 Å². The van der Waals surface area contributed by atoms with Crippen LogP contribution in [0.4, 0.5) is 0 Å². The second-order valence-corrected chi connectivity index (χ2v) is 6.95. The molecule has 22 heavy (non-hydrogen) atoms. The molecule has 4 heteroatoms. The average molecular weight is 315 g/mol. The zero-order valence-electron chi connectivity index (χ0n) is 12.8. The van der Waals surface area contributed by atoms with Gasteiger partial charge in [0.05, 0.1) is 4.88 Å². The molecule has 0 saturated carbocycles. The number of piperidine rings is 1. The van der Waals surface area contributed by atoms with Crippen LogP contribution >= 0.6 is 11.3 Å². The first-order valence-electron chi connectivity index (χ1n) is 7.72. The molecule has 2 aromatic rings. The number of aryl methyl sites for hydroxylation is 1. The van der Waals surface area contributed by atoms with Gasteiger partial charge in [-0.05, 0) is 61.0 Å². The second kappa shape index (κ2) is 6.63. The van der Waals surface area contributed by atoms with E-state index in [4.69, 9.17) is 0 Å². The van der Waals surface area contributed by atoms with Gasteiger partial charge < -0.3 is 5.11 Å². The summed E-state index contributed by atoms with van der Waals surface area (Å²) in [5.41, 5.74) is 2.28. The molecule has 0 radical (unpaired) electrons. The predicted molar refractivity (Wildman–Crippen MR) is 89.5 cm³/mol.